The zero-order chi connectivity index (χ0) is 6.73. The first-order chi connectivity index (χ1) is 3.55. The van der Waals surface area contributed by atoms with Crippen molar-refractivity contribution in [1.82, 2.24) is 0 Å². The van der Waals surface area contributed by atoms with Crippen LogP contribution in [0.3, 0.4) is 0 Å². The summed E-state index contributed by atoms with van der Waals surface area (Å²) in [5, 5.41) is 18.3. The molecule has 0 aromatic carbocycles. The molecule has 0 amide bonds. The van der Waals surface area contributed by atoms with E-state index in [9.17, 15) is 9.90 Å². The predicted molar refractivity (Wildman–Crippen MR) is 26.5 cm³/mol. The molecule has 0 spiro atoms. The van der Waals surface area contributed by atoms with Crippen LogP contribution in [0.5, 0.6) is 0 Å². The fourth-order valence-electron chi connectivity index (χ4n) is 0.272. The Hall–Kier alpha value is -0.570. The molecule has 0 aliphatic rings. The molecule has 0 saturated heterocycles. The maximum atomic E-state index is 9.78. The van der Waals surface area contributed by atoms with Crippen LogP contribution in [0.2, 0.25) is 0 Å². The Bertz CT molecular complexity index is 87.7. The summed E-state index contributed by atoms with van der Waals surface area (Å²) in [4.78, 5) is 9.78. The second kappa shape index (κ2) is 2.67. The van der Waals surface area contributed by atoms with E-state index >= 15 is 0 Å². The molecule has 47 valence electrons. The van der Waals surface area contributed by atoms with Crippen LogP contribution in [0.15, 0.2) is 0 Å². The Morgan fingerprint density at radius 1 is 1.50 bits per heavy atom. The van der Waals surface area contributed by atoms with E-state index in [0.29, 0.717) is 0 Å². The number of hydrogen-bond donors (Lipinski definition) is 1. The SMILES string of the molecule is CC(C)[C@H](O)C([O])=O. The molecule has 0 saturated carbocycles. The molecule has 3 heteroatoms. The lowest BCUT2D eigenvalue weighted by Gasteiger charge is -2.04. The van der Waals surface area contributed by atoms with E-state index in [0.717, 1.165) is 0 Å². The van der Waals surface area contributed by atoms with Crippen molar-refractivity contribution in [3.63, 3.8) is 0 Å². The molecule has 1 radical (unpaired) electrons. The Morgan fingerprint density at radius 2 is 1.88 bits per heavy atom. The van der Waals surface area contributed by atoms with Crippen molar-refractivity contribution in [2.75, 3.05) is 0 Å². The Morgan fingerprint density at radius 3 is 1.88 bits per heavy atom. The molecule has 0 aliphatic heterocycles. The van der Waals surface area contributed by atoms with Gasteiger partial charge in [0.15, 0.2) is 6.10 Å². The first kappa shape index (κ1) is 7.43. The summed E-state index contributed by atoms with van der Waals surface area (Å²) in [5.74, 6) is -1.67. The smallest absolute Gasteiger partial charge is 0.381 e. The minimum Gasteiger partial charge on any atom is -0.381 e. The minimum atomic E-state index is -1.40. The van der Waals surface area contributed by atoms with Crippen LogP contribution >= 0.6 is 0 Å². The van der Waals surface area contributed by atoms with Crippen molar-refractivity contribution < 1.29 is 15.0 Å². The molecule has 0 fully saturated rings. The van der Waals surface area contributed by atoms with Crippen molar-refractivity contribution in [3.05, 3.63) is 0 Å². The van der Waals surface area contributed by atoms with E-state index in [-0.39, 0.29) is 5.92 Å². The first-order valence-electron chi connectivity index (χ1n) is 2.44. The molecule has 0 aliphatic carbocycles. The zero-order valence-electron chi connectivity index (χ0n) is 4.92. The third-order valence-electron chi connectivity index (χ3n) is 0.873. The van der Waals surface area contributed by atoms with Gasteiger partial charge in [-0.2, -0.15) is 0 Å². The van der Waals surface area contributed by atoms with Gasteiger partial charge >= 0.3 is 5.97 Å². The second-order valence-corrected chi connectivity index (χ2v) is 2.01. The molecular weight excluding hydrogens is 108 g/mol. The van der Waals surface area contributed by atoms with Crippen LogP contribution in [0.25, 0.3) is 0 Å². The first-order valence-corrected chi connectivity index (χ1v) is 2.44. The number of rotatable bonds is 2. The summed E-state index contributed by atoms with van der Waals surface area (Å²) < 4.78 is 0. The molecular formula is C5H9O3. The fraction of sp³-hybridized carbons (Fsp3) is 0.800. The number of aliphatic hydroxyl groups excluding tert-OH is 1. The normalized spacial score (nSPS) is 14.0. The van der Waals surface area contributed by atoms with E-state index in [2.05, 4.69) is 0 Å². The summed E-state index contributed by atoms with van der Waals surface area (Å²) in [7, 11) is 0. The standard InChI is InChI=1S/C5H9O3/c1-3(2)4(6)5(7)8/h3-4,6H,1-2H3/t4-/m0/s1. The number of aliphatic hydroxyl groups is 1. The van der Waals surface area contributed by atoms with Crippen molar-refractivity contribution in [1.29, 1.82) is 0 Å². The summed E-state index contributed by atoms with van der Waals surface area (Å²) in [5.41, 5.74) is 0. The van der Waals surface area contributed by atoms with Gasteiger partial charge in [0.25, 0.3) is 0 Å². The molecule has 0 aromatic heterocycles. The monoisotopic (exact) mass is 117 g/mol. The molecule has 0 rings (SSSR count). The molecule has 0 bridgehead atoms. The highest BCUT2D eigenvalue weighted by Crippen LogP contribution is 1.99. The molecule has 8 heavy (non-hydrogen) atoms. The Kier molecular flexibility index (Phi) is 2.48. The highest BCUT2D eigenvalue weighted by atomic mass is 16.4. The third kappa shape index (κ3) is 1.93. The van der Waals surface area contributed by atoms with Gasteiger partial charge in [0.2, 0.25) is 0 Å². The lowest BCUT2D eigenvalue weighted by molar-refractivity contribution is -0.155. The molecule has 1 atom stereocenters. The average Bonchev–Trinajstić information content (AvgIpc) is 1.64. The van der Waals surface area contributed by atoms with Gasteiger partial charge in [-0.25, -0.2) is 9.90 Å². The fourth-order valence-corrected chi connectivity index (χ4v) is 0.272. The number of carbonyl (C=O) groups is 1. The van der Waals surface area contributed by atoms with Crippen LogP contribution in [-0.4, -0.2) is 17.2 Å². The Labute approximate surface area is 47.9 Å². The van der Waals surface area contributed by atoms with Crippen LogP contribution in [0, 0.1) is 5.92 Å². The van der Waals surface area contributed by atoms with Crippen LogP contribution in [0.1, 0.15) is 13.8 Å². The molecule has 3 nitrogen and oxygen atoms in total. The number of hydrogen-bond acceptors (Lipinski definition) is 2. The van der Waals surface area contributed by atoms with Gasteiger partial charge in [-0.05, 0) is 5.92 Å². The maximum Gasteiger partial charge on any atom is 0.383 e. The van der Waals surface area contributed by atoms with E-state index in [1.807, 2.05) is 0 Å². The lowest BCUT2D eigenvalue weighted by atomic mass is 10.1. The van der Waals surface area contributed by atoms with Gasteiger partial charge in [0.05, 0.1) is 0 Å². The Balaban J connectivity index is 3.64. The van der Waals surface area contributed by atoms with Crippen molar-refractivity contribution in [3.8, 4) is 0 Å². The average molecular weight is 117 g/mol. The highest BCUT2D eigenvalue weighted by molar-refractivity contribution is 5.71. The quantitative estimate of drug-likeness (QED) is 0.551. The van der Waals surface area contributed by atoms with Gasteiger partial charge in [-0.15, -0.1) is 0 Å². The minimum absolute atomic E-state index is 0.264. The predicted octanol–water partition coefficient (Wildman–Crippen LogP) is -0.0396. The van der Waals surface area contributed by atoms with Crippen LogP contribution in [-0.2, 0) is 9.90 Å². The largest absolute Gasteiger partial charge is 0.383 e. The van der Waals surface area contributed by atoms with E-state index in [1.165, 1.54) is 0 Å². The molecule has 0 unspecified atom stereocenters. The summed E-state index contributed by atoms with van der Waals surface area (Å²) in [6.45, 7) is 3.22. The molecule has 0 heterocycles. The molecule has 0 aromatic rings. The lowest BCUT2D eigenvalue weighted by Crippen LogP contribution is -2.24. The van der Waals surface area contributed by atoms with E-state index < -0.39 is 12.1 Å². The van der Waals surface area contributed by atoms with Crippen LogP contribution < -0.4 is 0 Å². The summed E-state index contributed by atoms with van der Waals surface area (Å²) >= 11 is 0. The van der Waals surface area contributed by atoms with Crippen molar-refractivity contribution in [2.24, 2.45) is 5.92 Å². The maximum absolute atomic E-state index is 9.78. The third-order valence-corrected chi connectivity index (χ3v) is 0.873. The van der Waals surface area contributed by atoms with E-state index in [4.69, 9.17) is 5.11 Å². The van der Waals surface area contributed by atoms with Crippen molar-refractivity contribution in [2.45, 2.75) is 20.0 Å². The van der Waals surface area contributed by atoms with E-state index in [1.54, 1.807) is 13.8 Å². The van der Waals surface area contributed by atoms with Gasteiger partial charge in [0.1, 0.15) is 0 Å². The summed E-state index contributed by atoms with van der Waals surface area (Å²) in [6, 6.07) is 0. The van der Waals surface area contributed by atoms with Gasteiger partial charge in [0, 0.05) is 0 Å². The number of carbonyl (C=O) groups excluding carboxylic acids is 1. The van der Waals surface area contributed by atoms with Gasteiger partial charge in [-0.3, -0.25) is 0 Å². The van der Waals surface area contributed by atoms with Crippen LogP contribution in [0.4, 0.5) is 0 Å². The second-order valence-electron chi connectivity index (χ2n) is 2.01. The molecule has 1 N–H and O–H groups in total. The van der Waals surface area contributed by atoms with Crippen molar-refractivity contribution >= 4 is 5.97 Å². The van der Waals surface area contributed by atoms with Gasteiger partial charge < -0.3 is 5.11 Å². The highest BCUT2D eigenvalue weighted by Gasteiger charge is 2.18. The zero-order valence-corrected chi connectivity index (χ0v) is 4.92. The van der Waals surface area contributed by atoms with Gasteiger partial charge in [-0.1, -0.05) is 13.8 Å². The summed E-state index contributed by atoms with van der Waals surface area (Å²) in [6.07, 6.45) is -1.32. The topological polar surface area (TPSA) is 57.2 Å².